The maximum absolute atomic E-state index is 6.55. The van der Waals surface area contributed by atoms with Gasteiger partial charge in [-0.05, 0) is 25.2 Å². The number of pyridine rings is 1. The van der Waals surface area contributed by atoms with E-state index in [1.54, 1.807) is 34.0 Å². The third-order valence-corrected chi connectivity index (χ3v) is 8.16. The predicted octanol–water partition coefficient (Wildman–Crippen LogP) is 7.35. The first-order valence-electron chi connectivity index (χ1n) is 9.35. The summed E-state index contributed by atoms with van der Waals surface area (Å²) >= 11 is 6.76. The van der Waals surface area contributed by atoms with Gasteiger partial charge in [0.1, 0.15) is 20.5 Å². The van der Waals surface area contributed by atoms with Gasteiger partial charge in [0.2, 0.25) is 0 Å². The van der Waals surface area contributed by atoms with Gasteiger partial charge in [-0.15, -0.1) is 45.8 Å². The molecule has 4 nitrogen and oxygen atoms in total. The van der Waals surface area contributed by atoms with Crippen molar-refractivity contribution in [3.63, 3.8) is 0 Å². The Bertz CT molecular complexity index is 1030. The number of thioether (sulfide) groups is 1. The van der Waals surface area contributed by atoms with E-state index in [9.17, 15) is 0 Å². The van der Waals surface area contributed by atoms with Gasteiger partial charge < -0.3 is 5.73 Å². The summed E-state index contributed by atoms with van der Waals surface area (Å²) < 4.78 is 1.16. The summed E-state index contributed by atoms with van der Waals surface area (Å²) in [5.74, 6) is 1.08. The van der Waals surface area contributed by atoms with E-state index >= 15 is 0 Å². The molecule has 4 heterocycles. The van der Waals surface area contributed by atoms with Crippen LogP contribution in [0.2, 0.25) is 0 Å². The van der Waals surface area contributed by atoms with Gasteiger partial charge in [-0.3, -0.25) is 0 Å². The Labute approximate surface area is 182 Å². The number of thiazole rings is 2. The molecule has 4 aromatic rings. The number of hydrogen-bond donors (Lipinski definition) is 1. The van der Waals surface area contributed by atoms with Crippen LogP contribution in [0.5, 0.6) is 0 Å². The van der Waals surface area contributed by atoms with E-state index in [-0.39, 0.29) is 0 Å². The molecule has 148 valence electrons. The van der Waals surface area contributed by atoms with Gasteiger partial charge in [0.05, 0.1) is 9.90 Å². The third-order valence-electron chi connectivity index (χ3n) is 3.90. The largest absolute Gasteiger partial charge is 0.397 e. The minimum atomic E-state index is 0.840. The Morgan fingerprint density at radius 1 is 1.14 bits per heavy atom. The molecule has 0 amide bonds. The van der Waals surface area contributed by atoms with E-state index in [1.165, 1.54) is 12.8 Å². The topological polar surface area (TPSA) is 64.7 Å². The molecule has 0 aliphatic carbocycles. The number of unbranched alkanes of at least 4 members (excludes halogenated alkanes) is 1. The average molecular weight is 449 g/mol. The SMILES string of the molecule is CC.CCCCSc1sc2nc(-c3nccs3)cc(-c3nc(C)cs3)c2c1N. The number of hydrogen-bond acceptors (Lipinski definition) is 8. The molecule has 0 unspecified atom stereocenters. The maximum atomic E-state index is 6.55. The average Bonchev–Trinajstić information content (AvgIpc) is 3.45. The van der Waals surface area contributed by atoms with Crippen LogP contribution < -0.4 is 5.73 Å². The first-order valence-corrected chi connectivity index (χ1v) is 12.9. The van der Waals surface area contributed by atoms with E-state index in [0.717, 1.165) is 52.8 Å². The van der Waals surface area contributed by atoms with E-state index in [2.05, 4.69) is 23.4 Å². The van der Waals surface area contributed by atoms with E-state index in [4.69, 9.17) is 15.7 Å². The first kappa shape index (κ1) is 21.2. The second-order valence-corrected chi connectivity index (χ2v) is 9.99. The van der Waals surface area contributed by atoms with Crippen LogP contribution >= 0.6 is 45.8 Å². The maximum Gasteiger partial charge on any atom is 0.141 e. The van der Waals surface area contributed by atoms with Crippen LogP contribution in [0.4, 0.5) is 5.69 Å². The Morgan fingerprint density at radius 2 is 1.96 bits per heavy atom. The highest BCUT2D eigenvalue weighted by atomic mass is 32.2. The molecule has 4 aromatic heterocycles. The van der Waals surface area contributed by atoms with Gasteiger partial charge in [0.25, 0.3) is 0 Å². The molecule has 28 heavy (non-hydrogen) atoms. The molecule has 0 saturated carbocycles. The van der Waals surface area contributed by atoms with Gasteiger partial charge in [0.15, 0.2) is 0 Å². The fourth-order valence-electron chi connectivity index (χ4n) is 2.62. The van der Waals surface area contributed by atoms with Crippen molar-refractivity contribution in [1.82, 2.24) is 15.0 Å². The van der Waals surface area contributed by atoms with Crippen molar-refractivity contribution in [2.75, 3.05) is 11.5 Å². The van der Waals surface area contributed by atoms with E-state index in [0.29, 0.717) is 0 Å². The van der Waals surface area contributed by atoms with Crippen molar-refractivity contribution in [3.8, 4) is 21.3 Å². The summed E-state index contributed by atoms with van der Waals surface area (Å²) in [5, 5.41) is 6.99. The van der Waals surface area contributed by atoms with Crippen molar-refractivity contribution in [1.29, 1.82) is 0 Å². The summed E-state index contributed by atoms with van der Waals surface area (Å²) in [7, 11) is 0. The van der Waals surface area contributed by atoms with Crippen molar-refractivity contribution in [2.45, 2.75) is 44.7 Å². The minimum absolute atomic E-state index is 0.840. The van der Waals surface area contributed by atoms with Crippen LogP contribution in [0.3, 0.4) is 0 Å². The van der Waals surface area contributed by atoms with Crippen molar-refractivity contribution < 1.29 is 0 Å². The number of anilines is 1. The number of aromatic nitrogens is 3. The number of rotatable bonds is 6. The molecule has 8 heteroatoms. The van der Waals surface area contributed by atoms with Gasteiger partial charge >= 0.3 is 0 Å². The second kappa shape index (κ2) is 9.82. The zero-order chi connectivity index (χ0) is 20.1. The fourth-order valence-corrected chi connectivity index (χ4v) is 6.49. The molecule has 0 radical (unpaired) electrons. The molecule has 2 N–H and O–H groups in total. The number of nitrogen functional groups attached to an aromatic ring is 1. The van der Waals surface area contributed by atoms with Crippen LogP contribution in [0.25, 0.3) is 31.5 Å². The molecular weight excluding hydrogens is 425 g/mol. The second-order valence-electron chi connectivity index (χ2n) is 5.87. The number of nitrogens with two attached hydrogens (primary N) is 1. The monoisotopic (exact) mass is 448 g/mol. The lowest BCUT2D eigenvalue weighted by Gasteiger charge is -2.04. The standard InChI is InChI=1S/C18H18N4S4.C2H6/c1-3-4-6-24-18-14(19)13-11(15-21-10(2)9-25-15)8-12(22-17(13)26-18)16-20-5-7-23-16;1-2/h5,7-9H,3-4,6,19H2,1-2H3;1-2H3. The molecule has 0 saturated heterocycles. The first-order chi connectivity index (χ1) is 13.7. The molecular formula is C20H24N4S4. The summed E-state index contributed by atoms with van der Waals surface area (Å²) in [4.78, 5) is 15.0. The van der Waals surface area contributed by atoms with Crippen LogP contribution in [0.1, 0.15) is 39.3 Å². The summed E-state index contributed by atoms with van der Waals surface area (Å²) in [6.45, 7) is 8.22. The summed E-state index contributed by atoms with van der Waals surface area (Å²) in [6, 6.07) is 2.09. The zero-order valence-electron chi connectivity index (χ0n) is 16.5. The fraction of sp³-hybridized carbons (Fsp3) is 0.350. The van der Waals surface area contributed by atoms with Crippen molar-refractivity contribution >= 4 is 61.7 Å². The Morgan fingerprint density at radius 3 is 2.61 bits per heavy atom. The van der Waals surface area contributed by atoms with Gasteiger partial charge in [-0.1, -0.05) is 27.2 Å². The Kier molecular flexibility index (Phi) is 7.45. The van der Waals surface area contributed by atoms with Gasteiger partial charge in [-0.25, -0.2) is 15.0 Å². The zero-order valence-corrected chi connectivity index (χ0v) is 19.7. The Balaban J connectivity index is 0.00000109. The molecule has 0 bridgehead atoms. The normalized spacial score (nSPS) is 10.9. The van der Waals surface area contributed by atoms with Crippen LogP contribution in [0.15, 0.2) is 27.2 Å². The Hall–Kier alpha value is -1.48. The molecule has 0 spiro atoms. The molecule has 0 aliphatic rings. The molecule has 0 aromatic carbocycles. The number of thiophene rings is 1. The molecule has 0 atom stereocenters. The highest BCUT2D eigenvalue weighted by Crippen LogP contribution is 2.45. The predicted molar refractivity (Wildman–Crippen MR) is 128 cm³/mol. The quantitative estimate of drug-likeness (QED) is 0.247. The highest BCUT2D eigenvalue weighted by molar-refractivity contribution is 8.01. The van der Waals surface area contributed by atoms with Crippen molar-refractivity contribution in [2.24, 2.45) is 0 Å². The summed E-state index contributed by atoms with van der Waals surface area (Å²) in [6.07, 6.45) is 4.19. The van der Waals surface area contributed by atoms with Crippen LogP contribution in [-0.2, 0) is 0 Å². The number of aryl methyl sites for hydroxylation is 1. The highest BCUT2D eigenvalue weighted by Gasteiger charge is 2.20. The van der Waals surface area contributed by atoms with Crippen LogP contribution in [-0.4, -0.2) is 20.7 Å². The number of nitrogens with zero attached hydrogens (tertiary/aromatic N) is 3. The lowest BCUT2D eigenvalue weighted by Crippen LogP contribution is -1.91. The van der Waals surface area contributed by atoms with Crippen molar-refractivity contribution in [3.05, 3.63) is 28.7 Å². The smallest absolute Gasteiger partial charge is 0.141 e. The molecule has 0 fully saturated rings. The summed E-state index contributed by atoms with van der Waals surface area (Å²) in [5.41, 5.74) is 10.4. The third kappa shape index (κ3) is 4.40. The van der Waals surface area contributed by atoms with E-state index in [1.807, 2.05) is 44.1 Å². The number of fused-ring (bicyclic) bond motifs is 1. The van der Waals surface area contributed by atoms with Gasteiger partial charge in [-0.2, -0.15) is 0 Å². The minimum Gasteiger partial charge on any atom is -0.397 e. The molecule has 4 rings (SSSR count). The van der Waals surface area contributed by atoms with Crippen LogP contribution in [0, 0.1) is 6.92 Å². The van der Waals surface area contributed by atoms with E-state index < -0.39 is 0 Å². The van der Waals surface area contributed by atoms with Gasteiger partial charge in [0, 0.05) is 33.6 Å². The lowest BCUT2D eigenvalue weighted by molar-refractivity contribution is 0.897. The lowest BCUT2D eigenvalue weighted by atomic mass is 10.1. The molecule has 0 aliphatic heterocycles.